The predicted molar refractivity (Wildman–Crippen MR) is 75.5 cm³/mol. The Labute approximate surface area is 126 Å². The topological polar surface area (TPSA) is 70.6 Å². The van der Waals surface area contributed by atoms with Crippen molar-refractivity contribution in [3.8, 4) is 5.75 Å². The third kappa shape index (κ3) is 6.21. The summed E-state index contributed by atoms with van der Waals surface area (Å²) in [5.74, 6) is -1.34. The van der Waals surface area contributed by atoms with Gasteiger partial charge in [0.05, 0.1) is 12.6 Å². The van der Waals surface area contributed by atoms with E-state index in [9.17, 15) is 18.0 Å². The summed E-state index contributed by atoms with van der Waals surface area (Å²) in [5, 5.41) is 14.1. The molecule has 1 aromatic carbocycles. The molecule has 0 saturated carbocycles. The van der Waals surface area contributed by atoms with Crippen LogP contribution < -0.4 is 15.4 Å². The van der Waals surface area contributed by atoms with Gasteiger partial charge in [0.2, 0.25) is 0 Å². The summed E-state index contributed by atoms with van der Waals surface area (Å²) in [6.07, 6.45) is 0.583. The molecule has 0 aliphatic heterocycles. The quantitative estimate of drug-likeness (QED) is 0.723. The largest absolute Gasteiger partial charge is 0.432 e. The number of halogens is 3. The fourth-order valence-electron chi connectivity index (χ4n) is 1.87. The summed E-state index contributed by atoms with van der Waals surface area (Å²) in [4.78, 5) is 11.7. The maximum Gasteiger partial charge on any atom is 0.387 e. The van der Waals surface area contributed by atoms with Gasteiger partial charge in [-0.2, -0.15) is 8.78 Å². The highest BCUT2D eigenvalue weighted by Crippen LogP contribution is 2.22. The summed E-state index contributed by atoms with van der Waals surface area (Å²) >= 11 is 0. The molecule has 0 aliphatic carbocycles. The fraction of sp³-hybridized carbons (Fsp3) is 0.500. The van der Waals surface area contributed by atoms with Crippen molar-refractivity contribution in [2.45, 2.75) is 32.9 Å². The summed E-state index contributed by atoms with van der Waals surface area (Å²) in [5.41, 5.74) is 0.0813. The first kappa shape index (κ1) is 18.1. The van der Waals surface area contributed by atoms with Crippen molar-refractivity contribution >= 4 is 11.7 Å². The van der Waals surface area contributed by atoms with Crippen LogP contribution in [0.15, 0.2) is 18.2 Å². The number of carbonyl (C=O) groups is 1. The molecule has 22 heavy (non-hydrogen) atoms. The second kappa shape index (κ2) is 8.47. The molecule has 3 N–H and O–H groups in total. The molecule has 0 bridgehead atoms. The van der Waals surface area contributed by atoms with Gasteiger partial charge in [-0.3, -0.25) is 0 Å². The number of alkyl halides is 2. The second-order valence-corrected chi connectivity index (χ2v) is 5.13. The van der Waals surface area contributed by atoms with Crippen molar-refractivity contribution in [2.24, 2.45) is 5.92 Å². The zero-order valence-corrected chi connectivity index (χ0v) is 12.3. The number of urea groups is 1. The van der Waals surface area contributed by atoms with Crippen molar-refractivity contribution in [2.75, 3.05) is 11.9 Å². The average Bonchev–Trinajstić information content (AvgIpc) is 2.40. The van der Waals surface area contributed by atoms with Crippen LogP contribution in [0.3, 0.4) is 0 Å². The standard InChI is InChI=1S/C14H19F3N2O3/c1-8(2)5-10(7-20)19-14(21)18-9-3-4-12(11(15)6-9)22-13(16)17/h3-4,6,8,10,13,20H,5,7H2,1-2H3,(H2,18,19,21). The van der Waals surface area contributed by atoms with E-state index in [1.807, 2.05) is 13.8 Å². The number of rotatable bonds is 7. The van der Waals surface area contributed by atoms with Crippen LogP contribution in [0.1, 0.15) is 20.3 Å². The molecule has 0 saturated heterocycles. The van der Waals surface area contributed by atoms with E-state index in [4.69, 9.17) is 5.11 Å². The Morgan fingerprint density at radius 2 is 2.05 bits per heavy atom. The molecule has 2 amide bonds. The summed E-state index contributed by atoms with van der Waals surface area (Å²) in [6.45, 7) is 0.540. The highest BCUT2D eigenvalue weighted by Gasteiger charge is 2.14. The number of anilines is 1. The minimum atomic E-state index is -3.13. The molecule has 1 unspecified atom stereocenters. The van der Waals surface area contributed by atoms with Gasteiger partial charge in [-0.1, -0.05) is 13.8 Å². The third-order valence-electron chi connectivity index (χ3n) is 2.72. The molecular formula is C14H19F3N2O3. The summed E-state index contributed by atoms with van der Waals surface area (Å²) in [6, 6.07) is 2.05. The Hall–Kier alpha value is -1.96. The van der Waals surface area contributed by atoms with E-state index in [1.165, 1.54) is 6.07 Å². The maximum atomic E-state index is 13.5. The predicted octanol–water partition coefficient (Wildman–Crippen LogP) is 2.96. The highest BCUT2D eigenvalue weighted by molar-refractivity contribution is 5.89. The van der Waals surface area contributed by atoms with E-state index >= 15 is 0 Å². The fourth-order valence-corrected chi connectivity index (χ4v) is 1.87. The number of amides is 2. The van der Waals surface area contributed by atoms with Crippen LogP contribution in [0.25, 0.3) is 0 Å². The van der Waals surface area contributed by atoms with E-state index in [1.54, 1.807) is 0 Å². The van der Waals surface area contributed by atoms with Gasteiger partial charge in [0, 0.05) is 11.8 Å². The lowest BCUT2D eigenvalue weighted by atomic mass is 10.0. The number of benzene rings is 1. The van der Waals surface area contributed by atoms with Gasteiger partial charge in [-0.25, -0.2) is 9.18 Å². The molecule has 0 radical (unpaired) electrons. The van der Waals surface area contributed by atoms with Crippen LogP contribution >= 0.6 is 0 Å². The van der Waals surface area contributed by atoms with Crippen molar-refractivity contribution in [1.82, 2.24) is 5.32 Å². The summed E-state index contributed by atoms with van der Waals surface area (Å²) < 4.78 is 41.5. The van der Waals surface area contributed by atoms with Gasteiger partial charge in [0.25, 0.3) is 0 Å². The van der Waals surface area contributed by atoms with E-state index in [2.05, 4.69) is 15.4 Å². The molecule has 5 nitrogen and oxygen atoms in total. The number of aliphatic hydroxyl groups excluding tert-OH is 1. The molecule has 0 fully saturated rings. The molecule has 0 heterocycles. The summed E-state index contributed by atoms with van der Waals surface area (Å²) in [7, 11) is 0. The zero-order valence-electron chi connectivity index (χ0n) is 12.3. The average molecular weight is 320 g/mol. The van der Waals surface area contributed by atoms with Crippen molar-refractivity contribution in [1.29, 1.82) is 0 Å². The van der Waals surface area contributed by atoms with Gasteiger partial charge in [0.15, 0.2) is 11.6 Å². The van der Waals surface area contributed by atoms with Gasteiger partial charge in [0.1, 0.15) is 0 Å². The van der Waals surface area contributed by atoms with Crippen LogP contribution in [0.2, 0.25) is 0 Å². The van der Waals surface area contributed by atoms with E-state index in [-0.39, 0.29) is 18.2 Å². The van der Waals surface area contributed by atoms with Crippen molar-refractivity contribution < 1.29 is 27.8 Å². The van der Waals surface area contributed by atoms with Gasteiger partial charge in [-0.05, 0) is 24.5 Å². The van der Waals surface area contributed by atoms with Crippen LogP contribution in [-0.4, -0.2) is 30.4 Å². The van der Waals surface area contributed by atoms with E-state index < -0.39 is 30.3 Å². The van der Waals surface area contributed by atoms with Crippen LogP contribution in [0, 0.1) is 11.7 Å². The number of hydrogen-bond acceptors (Lipinski definition) is 3. The number of carbonyl (C=O) groups excluding carboxylic acids is 1. The first-order valence-electron chi connectivity index (χ1n) is 6.74. The van der Waals surface area contributed by atoms with Gasteiger partial charge >= 0.3 is 12.6 Å². The Morgan fingerprint density at radius 1 is 1.36 bits per heavy atom. The molecule has 1 rings (SSSR count). The Bertz CT molecular complexity index is 498. The Kier molecular flexibility index (Phi) is 6.97. The molecule has 1 aromatic rings. The minimum absolute atomic E-state index is 0.0813. The molecule has 0 spiro atoms. The van der Waals surface area contributed by atoms with Crippen molar-refractivity contribution in [3.63, 3.8) is 0 Å². The van der Waals surface area contributed by atoms with Gasteiger partial charge in [-0.15, -0.1) is 0 Å². The lowest BCUT2D eigenvalue weighted by Crippen LogP contribution is -2.40. The molecule has 8 heteroatoms. The van der Waals surface area contributed by atoms with Gasteiger partial charge < -0.3 is 20.5 Å². The van der Waals surface area contributed by atoms with E-state index in [0.717, 1.165) is 12.1 Å². The molecule has 0 aliphatic rings. The third-order valence-corrected chi connectivity index (χ3v) is 2.72. The smallest absolute Gasteiger partial charge is 0.387 e. The molecule has 1 atom stereocenters. The van der Waals surface area contributed by atoms with E-state index in [0.29, 0.717) is 6.42 Å². The Morgan fingerprint density at radius 3 is 2.55 bits per heavy atom. The lowest BCUT2D eigenvalue weighted by molar-refractivity contribution is -0.0521. The molecule has 124 valence electrons. The number of aliphatic hydroxyl groups is 1. The molecular weight excluding hydrogens is 301 g/mol. The highest BCUT2D eigenvalue weighted by atomic mass is 19.3. The van der Waals surface area contributed by atoms with Crippen LogP contribution in [0.5, 0.6) is 5.75 Å². The number of ether oxygens (including phenoxy) is 1. The van der Waals surface area contributed by atoms with Crippen molar-refractivity contribution in [3.05, 3.63) is 24.0 Å². The normalized spacial score (nSPS) is 12.4. The first-order valence-corrected chi connectivity index (χ1v) is 6.74. The maximum absolute atomic E-state index is 13.5. The number of hydrogen-bond donors (Lipinski definition) is 3. The zero-order chi connectivity index (χ0) is 16.7. The van der Waals surface area contributed by atoms with Crippen LogP contribution in [0.4, 0.5) is 23.7 Å². The number of nitrogens with one attached hydrogen (secondary N) is 2. The van der Waals surface area contributed by atoms with Crippen LogP contribution in [-0.2, 0) is 0 Å². The minimum Gasteiger partial charge on any atom is -0.432 e. The first-order chi connectivity index (χ1) is 10.3. The second-order valence-electron chi connectivity index (χ2n) is 5.13. The lowest BCUT2D eigenvalue weighted by Gasteiger charge is -2.18. The molecule has 0 aromatic heterocycles. The SMILES string of the molecule is CC(C)CC(CO)NC(=O)Nc1ccc(OC(F)F)c(F)c1. The Balaban J connectivity index is 2.62. The monoisotopic (exact) mass is 320 g/mol.